The maximum absolute atomic E-state index is 14.3. The smallest absolute Gasteiger partial charge is 0.418 e. The van der Waals surface area contributed by atoms with Gasteiger partial charge in [-0.15, -0.1) is 0 Å². The predicted molar refractivity (Wildman–Crippen MR) is 188 cm³/mol. The lowest BCUT2D eigenvalue weighted by Gasteiger charge is -2.32. The number of aromatic nitrogens is 1. The highest BCUT2D eigenvalue weighted by atomic mass is 32.2. The normalized spacial score (nSPS) is 30.1. The number of rotatable bonds is 8. The molecule has 14 nitrogen and oxygen atoms in total. The van der Waals surface area contributed by atoms with E-state index in [0.29, 0.717) is 25.5 Å². The topological polar surface area (TPSA) is 193 Å². The lowest BCUT2D eigenvalue weighted by Crippen LogP contribution is -2.59. The van der Waals surface area contributed by atoms with Crippen molar-refractivity contribution < 1.29 is 59.7 Å². The average Bonchev–Trinajstić information content (AvgIpc) is 4.02. The van der Waals surface area contributed by atoms with Crippen molar-refractivity contribution in [2.24, 2.45) is 17.8 Å². The largest absolute Gasteiger partial charge is 0.497 e. The SMILES string of the molecule is COc1ccc2c(O[C@@H]3C[C@H]4C(=O)N[C@]5(C(=O)NS(=O)(=O)C6(CF)CC6)C[C@H]5/C=C\CC[C@H](C)C[C@@H](C)[C@H](NC(=O)O)C(=O)N4C3)ncc(C(F)(F)F)c2c1. The monoisotopic (exact) mass is 797 g/mol. The molecule has 0 radical (unpaired) electrons. The minimum atomic E-state index is -4.78. The van der Waals surface area contributed by atoms with Crippen LogP contribution in [0.5, 0.6) is 11.6 Å². The van der Waals surface area contributed by atoms with Gasteiger partial charge in [-0.2, -0.15) is 13.2 Å². The molecule has 2 saturated carbocycles. The first-order chi connectivity index (χ1) is 25.8. The van der Waals surface area contributed by atoms with Crippen LogP contribution in [-0.4, -0.2) is 96.0 Å². The second-order valence-electron chi connectivity index (χ2n) is 15.1. The number of nitrogens with zero attached hydrogens (tertiary/aromatic N) is 2. The number of alkyl halides is 4. The summed E-state index contributed by atoms with van der Waals surface area (Å²) >= 11 is 0. The molecule has 2 aliphatic carbocycles. The van der Waals surface area contributed by atoms with Gasteiger partial charge in [0.15, 0.2) is 0 Å². The van der Waals surface area contributed by atoms with Gasteiger partial charge in [-0.1, -0.05) is 26.0 Å². The van der Waals surface area contributed by atoms with Crippen molar-refractivity contribution in [3.8, 4) is 11.6 Å². The van der Waals surface area contributed by atoms with E-state index in [4.69, 9.17) is 9.47 Å². The molecule has 7 atom stereocenters. The Morgan fingerprint density at radius 3 is 2.51 bits per heavy atom. The molecule has 6 rings (SSSR count). The van der Waals surface area contributed by atoms with Gasteiger partial charge in [0.25, 0.3) is 5.91 Å². The molecule has 3 fully saturated rings. The first kappa shape index (κ1) is 40.0. The minimum absolute atomic E-state index is 0.000517. The predicted octanol–water partition coefficient (Wildman–Crippen LogP) is 4.08. The van der Waals surface area contributed by atoms with Crippen LogP contribution in [0.25, 0.3) is 10.8 Å². The molecular formula is C36H43F4N5O9S. The Morgan fingerprint density at radius 2 is 1.87 bits per heavy atom. The van der Waals surface area contributed by atoms with E-state index in [-0.39, 0.29) is 60.5 Å². The number of methoxy groups -OCH3 is 1. The Hall–Kier alpha value is -4.68. The van der Waals surface area contributed by atoms with Gasteiger partial charge < -0.3 is 30.1 Å². The number of halogens is 4. The van der Waals surface area contributed by atoms with Crippen molar-refractivity contribution in [2.75, 3.05) is 20.3 Å². The average molecular weight is 798 g/mol. The third-order valence-electron chi connectivity index (χ3n) is 11.2. The van der Waals surface area contributed by atoms with Gasteiger partial charge in [0.05, 0.1) is 19.2 Å². The molecule has 19 heteroatoms. The number of sulfonamides is 1. The van der Waals surface area contributed by atoms with Crippen LogP contribution in [0.4, 0.5) is 22.4 Å². The molecule has 4 aliphatic rings. The number of carbonyl (C=O) groups excluding carboxylic acids is 3. The summed E-state index contributed by atoms with van der Waals surface area (Å²) < 4.78 is 93.4. The number of carboxylic acid groups (broad SMARTS) is 1. The summed E-state index contributed by atoms with van der Waals surface area (Å²) in [6.45, 7) is 2.12. The lowest BCUT2D eigenvalue weighted by molar-refractivity contribution is -0.142. The quantitative estimate of drug-likeness (QED) is 0.224. The molecule has 3 heterocycles. The lowest BCUT2D eigenvalue weighted by atomic mass is 9.88. The fourth-order valence-electron chi connectivity index (χ4n) is 7.68. The summed E-state index contributed by atoms with van der Waals surface area (Å²) in [5.74, 6) is -4.00. The highest BCUT2D eigenvalue weighted by Gasteiger charge is 2.64. The number of hydrogen-bond acceptors (Lipinski definition) is 9. The number of pyridine rings is 1. The van der Waals surface area contributed by atoms with Crippen LogP contribution in [0.15, 0.2) is 36.5 Å². The van der Waals surface area contributed by atoms with Crippen molar-refractivity contribution in [2.45, 2.75) is 93.4 Å². The fourth-order valence-corrected chi connectivity index (χ4v) is 9.11. The first-order valence-corrected chi connectivity index (χ1v) is 19.4. The van der Waals surface area contributed by atoms with E-state index in [0.717, 1.165) is 4.90 Å². The van der Waals surface area contributed by atoms with Gasteiger partial charge in [-0.3, -0.25) is 19.1 Å². The molecule has 0 bridgehead atoms. The van der Waals surface area contributed by atoms with Crippen molar-refractivity contribution in [3.05, 3.63) is 42.1 Å². The summed E-state index contributed by atoms with van der Waals surface area (Å²) in [5.41, 5.74) is -2.83. The van der Waals surface area contributed by atoms with Crippen molar-refractivity contribution in [1.82, 2.24) is 25.2 Å². The molecular weight excluding hydrogens is 754 g/mol. The number of hydrogen-bond donors (Lipinski definition) is 4. The molecule has 4 amide bonds. The maximum atomic E-state index is 14.3. The molecule has 2 aliphatic heterocycles. The Morgan fingerprint density at radius 1 is 1.15 bits per heavy atom. The molecule has 1 aromatic carbocycles. The summed E-state index contributed by atoms with van der Waals surface area (Å²) in [4.78, 5) is 59.4. The van der Waals surface area contributed by atoms with Gasteiger partial charge in [-0.05, 0) is 68.6 Å². The highest BCUT2D eigenvalue weighted by Crippen LogP contribution is 2.48. The molecule has 0 unspecified atom stereocenters. The van der Waals surface area contributed by atoms with E-state index in [1.54, 1.807) is 13.0 Å². The van der Waals surface area contributed by atoms with Crippen molar-refractivity contribution in [3.63, 3.8) is 0 Å². The van der Waals surface area contributed by atoms with Crippen LogP contribution in [0.2, 0.25) is 0 Å². The zero-order valence-corrected chi connectivity index (χ0v) is 31.1. The zero-order valence-electron chi connectivity index (χ0n) is 30.3. The standard InChI is InChI=1S/C36H43F4N5O9S/c1-19-6-4-5-7-21-15-35(21,32(48)44-55(51,52)34(18-37)10-11-34)43-29(46)27-14-23(17-45(27)31(47)28(20(2)12-19)42-33(49)50)54-30-24-9-8-22(53-3)13-25(24)26(16-41-30)36(38,39)40/h5,7-9,13,16,19-21,23,27-28,42H,4,6,10-12,14-15,17-18H2,1-3H3,(H,43,46)(H,44,48)(H,49,50)/b7-5-/t19-,20+,21+,23+,27-,28-,35+/m0/s1. The first-order valence-electron chi connectivity index (χ1n) is 18.0. The summed E-state index contributed by atoms with van der Waals surface area (Å²) in [7, 11) is -3.17. The number of ether oxygens (including phenoxy) is 2. The second kappa shape index (κ2) is 14.8. The molecule has 2 aromatic rings. The Balaban J connectivity index is 1.36. The van der Waals surface area contributed by atoms with Crippen LogP contribution in [0.1, 0.15) is 64.4 Å². The number of benzene rings is 1. The fraction of sp³-hybridized carbons (Fsp3) is 0.583. The number of fused-ring (bicyclic) bond motifs is 3. The van der Waals surface area contributed by atoms with Gasteiger partial charge in [-0.25, -0.2) is 22.6 Å². The molecule has 55 heavy (non-hydrogen) atoms. The minimum Gasteiger partial charge on any atom is -0.497 e. The zero-order chi connectivity index (χ0) is 40.1. The van der Waals surface area contributed by atoms with Gasteiger partial charge >= 0.3 is 12.3 Å². The molecule has 1 aromatic heterocycles. The van der Waals surface area contributed by atoms with Crippen LogP contribution < -0.4 is 24.8 Å². The van der Waals surface area contributed by atoms with E-state index < -0.39 is 92.6 Å². The van der Waals surface area contributed by atoms with Crippen LogP contribution >= 0.6 is 0 Å². The van der Waals surface area contributed by atoms with Gasteiger partial charge in [0.2, 0.25) is 27.7 Å². The third kappa shape index (κ3) is 7.89. The van der Waals surface area contributed by atoms with Crippen LogP contribution in [0.3, 0.4) is 0 Å². The van der Waals surface area contributed by atoms with Crippen LogP contribution in [0, 0.1) is 17.8 Å². The van der Waals surface area contributed by atoms with Crippen molar-refractivity contribution >= 4 is 44.6 Å². The summed E-state index contributed by atoms with van der Waals surface area (Å²) in [6, 6.07) is 1.20. The van der Waals surface area contributed by atoms with E-state index in [9.17, 15) is 50.3 Å². The number of amides is 4. The summed E-state index contributed by atoms with van der Waals surface area (Å²) in [5, 5.41) is 14.4. The number of carbonyl (C=O) groups is 4. The van der Waals surface area contributed by atoms with E-state index >= 15 is 0 Å². The van der Waals surface area contributed by atoms with Gasteiger partial charge in [0.1, 0.15) is 40.9 Å². The molecule has 1 saturated heterocycles. The van der Waals surface area contributed by atoms with Gasteiger partial charge in [0, 0.05) is 29.3 Å². The molecule has 0 spiro atoms. The Labute approximate surface area is 314 Å². The Kier molecular flexibility index (Phi) is 10.7. The van der Waals surface area contributed by atoms with E-state index in [1.807, 2.05) is 17.7 Å². The van der Waals surface area contributed by atoms with Crippen molar-refractivity contribution in [1.29, 1.82) is 0 Å². The van der Waals surface area contributed by atoms with E-state index in [1.165, 1.54) is 25.3 Å². The number of nitrogens with one attached hydrogen (secondary N) is 3. The maximum Gasteiger partial charge on any atom is 0.418 e. The number of allylic oxidation sites excluding steroid dienone is 1. The Bertz CT molecular complexity index is 2010. The molecule has 4 N–H and O–H groups in total. The molecule has 300 valence electrons. The van der Waals surface area contributed by atoms with E-state index in [2.05, 4.69) is 15.6 Å². The van der Waals surface area contributed by atoms with Crippen LogP contribution in [-0.2, 0) is 30.6 Å². The summed E-state index contributed by atoms with van der Waals surface area (Å²) in [6.07, 6.45) is -1.83. The highest BCUT2D eigenvalue weighted by molar-refractivity contribution is 7.91. The third-order valence-corrected chi connectivity index (χ3v) is 13.3. The second-order valence-corrected chi connectivity index (χ2v) is 17.2.